The predicted molar refractivity (Wildman–Crippen MR) is 72.4 cm³/mol. The number of ether oxygens (including phenoxy) is 1. The van der Waals surface area contributed by atoms with Crippen LogP contribution in [-0.2, 0) is 9.53 Å². The number of hydrogen-bond donors (Lipinski definition) is 1. The number of esters is 1. The van der Waals surface area contributed by atoms with Crippen LogP contribution in [0.3, 0.4) is 0 Å². The SMILES string of the molecule is CCC(NC1CCCCC1)C(=O)OC1CCCC1. The fourth-order valence-corrected chi connectivity index (χ4v) is 3.16. The summed E-state index contributed by atoms with van der Waals surface area (Å²) in [6.07, 6.45) is 12.0. The Kier molecular flexibility index (Phi) is 5.48. The molecule has 0 bridgehead atoms. The Balaban J connectivity index is 1.76. The van der Waals surface area contributed by atoms with E-state index in [4.69, 9.17) is 4.74 Å². The summed E-state index contributed by atoms with van der Waals surface area (Å²) in [5.74, 6) is -0.0185. The quantitative estimate of drug-likeness (QED) is 0.765. The van der Waals surface area contributed by atoms with Gasteiger partial charge < -0.3 is 10.1 Å². The molecule has 0 aromatic rings. The van der Waals surface area contributed by atoms with Gasteiger partial charge in [-0.2, -0.15) is 0 Å². The standard InChI is InChI=1S/C15H27NO2/c1-2-14(16-12-8-4-3-5-9-12)15(17)18-13-10-6-7-11-13/h12-14,16H,2-11H2,1H3. The van der Waals surface area contributed by atoms with Crippen LogP contribution in [0.1, 0.15) is 71.1 Å². The van der Waals surface area contributed by atoms with Gasteiger partial charge in [-0.05, 0) is 44.9 Å². The van der Waals surface area contributed by atoms with Crippen LogP contribution < -0.4 is 5.32 Å². The zero-order chi connectivity index (χ0) is 12.8. The van der Waals surface area contributed by atoms with E-state index in [-0.39, 0.29) is 18.1 Å². The van der Waals surface area contributed by atoms with Gasteiger partial charge in [-0.1, -0.05) is 26.2 Å². The highest BCUT2D eigenvalue weighted by Crippen LogP contribution is 2.22. The molecule has 2 fully saturated rings. The third-order valence-electron chi connectivity index (χ3n) is 4.32. The largest absolute Gasteiger partial charge is 0.461 e. The molecule has 1 unspecified atom stereocenters. The van der Waals surface area contributed by atoms with E-state index in [2.05, 4.69) is 12.2 Å². The van der Waals surface area contributed by atoms with E-state index in [0.717, 1.165) is 19.3 Å². The van der Waals surface area contributed by atoms with Crippen molar-refractivity contribution in [1.29, 1.82) is 0 Å². The summed E-state index contributed by atoms with van der Waals surface area (Å²) in [7, 11) is 0. The minimum Gasteiger partial charge on any atom is -0.461 e. The van der Waals surface area contributed by atoms with E-state index in [9.17, 15) is 4.79 Å². The summed E-state index contributed by atoms with van der Waals surface area (Å²) in [6.45, 7) is 2.07. The lowest BCUT2D eigenvalue weighted by Crippen LogP contribution is -2.45. The summed E-state index contributed by atoms with van der Waals surface area (Å²) < 4.78 is 5.60. The molecular formula is C15H27NO2. The minimum atomic E-state index is -0.0892. The van der Waals surface area contributed by atoms with Crippen molar-refractivity contribution in [2.45, 2.75) is 89.3 Å². The van der Waals surface area contributed by atoms with Gasteiger partial charge in [0.25, 0.3) is 0 Å². The van der Waals surface area contributed by atoms with E-state index in [1.54, 1.807) is 0 Å². The van der Waals surface area contributed by atoms with Crippen LogP contribution in [-0.4, -0.2) is 24.2 Å². The lowest BCUT2D eigenvalue weighted by atomic mass is 9.94. The first-order chi connectivity index (χ1) is 8.79. The van der Waals surface area contributed by atoms with E-state index in [0.29, 0.717) is 6.04 Å². The van der Waals surface area contributed by atoms with Crippen LogP contribution in [0, 0.1) is 0 Å². The average Bonchev–Trinajstić information content (AvgIpc) is 2.90. The third-order valence-corrected chi connectivity index (χ3v) is 4.32. The van der Waals surface area contributed by atoms with Crippen LogP contribution in [0.2, 0.25) is 0 Å². The average molecular weight is 253 g/mol. The van der Waals surface area contributed by atoms with Gasteiger partial charge in [0.15, 0.2) is 0 Å². The summed E-state index contributed by atoms with van der Waals surface area (Å²) >= 11 is 0. The zero-order valence-corrected chi connectivity index (χ0v) is 11.6. The highest BCUT2D eigenvalue weighted by atomic mass is 16.5. The third kappa shape index (κ3) is 3.98. The van der Waals surface area contributed by atoms with Gasteiger partial charge in [0.05, 0.1) is 0 Å². The predicted octanol–water partition coefficient (Wildman–Crippen LogP) is 3.17. The van der Waals surface area contributed by atoms with Gasteiger partial charge in [0, 0.05) is 6.04 Å². The first-order valence-electron chi connectivity index (χ1n) is 7.76. The molecule has 0 aromatic heterocycles. The lowest BCUT2D eigenvalue weighted by molar-refractivity contribution is -0.151. The second-order valence-electron chi connectivity index (χ2n) is 5.81. The highest BCUT2D eigenvalue weighted by molar-refractivity contribution is 5.76. The second-order valence-corrected chi connectivity index (χ2v) is 5.81. The topological polar surface area (TPSA) is 38.3 Å². The summed E-state index contributed by atoms with van der Waals surface area (Å²) in [4.78, 5) is 12.1. The minimum absolute atomic E-state index is 0.0185. The molecule has 0 heterocycles. The van der Waals surface area contributed by atoms with Gasteiger partial charge in [-0.3, -0.25) is 4.79 Å². The Morgan fingerprint density at radius 2 is 1.72 bits per heavy atom. The molecule has 2 rings (SSSR count). The molecule has 0 radical (unpaired) electrons. The zero-order valence-electron chi connectivity index (χ0n) is 11.6. The summed E-state index contributed by atoms with van der Waals surface area (Å²) in [6, 6.07) is 0.438. The Bertz CT molecular complexity index is 255. The smallest absolute Gasteiger partial charge is 0.323 e. The van der Waals surface area contributed by atoms with Crippen molar-refractivity contribution in [3.63, 3.8) is 0 Å². The fraction of sp³-hybridized carbons (Fsp3) is 0.933. The second kappa shape index (κ2) is 7.13. The van der Waals surface area contributed by atoms with E-state index in [1.807, 2.05) is 0 Å². The number of carbonyl (C=O) groups excluding carboxylic acids is 1. The maximum atomic E-state index is 12.1. The van der Waals surface area contributed by atoms with E-state index < -0.39 is 0 Å². The van der Waals surface area contributed by atoms with Crippen molar-refractivity contribution in [2.75, 3.05) is 0 Å². The van der Waals surface area contributed by atoms with E-state index in [1.165, 1.54) is 44.9 Å². The Morgan fingerprint density at radius 3 is 2.33 bits per heavy atom. The normalized spacial score (nSPS) is 24.1. The van der Waals surface area contributed by atoms with Crippen molar-refractivity contribution in [2.24, 2.45) is 0 Å². The molecule has 3 heteroatoms. The molecule has 18 heavy (non-hydrogen) atoms. The number of rotatable bonds is 5. The molecule has 0 saturated heterocycles. The van der Waals surface area contributed by atoms with Crippen LogP contribution >= 0.6 is 0 Å². The fourth-order valence-electron chi connectivity index (χ4n) is 3.16. The maximum absolute atomic E-state index is 12.1. The molecule has 104 valence electrons. The van der Waals surface area contributed by atoms with Crippen molar-refractivity contribution >= 4 is 5.97 Å². The Hall–Kier alpha value is -0.570. The maximum Gasteiger partial charge on any atom is 0.323 e. The van der Waals surface area contributed by atoms with Crippen molar-refractivity contribution in [3.05, 3.63) is 0 Å². The number of nitrogens with one attached hydrogen (secondary N) is 1. The molecule has 1 atom stereocenters. The van der Waals surface area contributed by atoms with Crippen LogP contribution in [0.25, 0.3) is 0 Å². The van der Waals surface area contributed by atoms with Gasteiger partial charge in [-0.25, -0.2) is 0 Å². The van der Waals surface area contributed by atoms with Gasteiger partial charge in [-0.15, -0.1) is 0 Å². The molecule has 0 aliphatic heterocycles. The van der Waals surface area contributed by atoms with Crippen LogP contribution in [0.4, 0.5) is 0 Å². The first-order valence-corrected chi connectivity index (χ1v) is 7.76. The Morgan fingerprint density at radius 1 is 1.11 bits per heavy atom. The number of hydrogen-bond acceptors (Lipinski definition) is 3. The molecule has 1 N–H and O–H groups in total. The lowest BCUT2D eigenvalue weighted by Gasteiger charge is -2.27. The summed E-state index contributed by atoms with van der Waals surface area (Å²) in [5.41, 5.74) is 0. The van der Waals surface area contributed by atoms with E-state index >= 15 is 0 Å². The van der Waals surface area contributed by atoms with Crippen molar-refractivity contribution < 1.29 is 9.53 Å². The molecular weight excluding hydrogens is 226 g/mol. The summed E-state index contributed by atoms with van der Waals surface area (Å²) in [5, 5.41) is 3.50. The van der Waals surface area contributed by atoms with Crippen LogP contribution in [0.5, 0.6) is 0 Å². The molecule has 2 aliphatic rings. The molecule has 2 saturated carbocycles. The molecule has 0 spiro atoms. The van der Waals surface area contributed by atoms with Gasteiger partial charge in [0.2, 0.25) is 0 Å². The molecule has 2 aliphatic carbocycles. The van der Waals surface area contributed by atoms with Gasteiger partial charge in [0.1, 0.15) is 12.1 Å². The highest BCUT2D eigenvalue weighted by Gasteiger charge is 2.26. The van der Waals surface area contributed by atoms with Crippen LogP contribution in [0.15, 0.2) is 0 Å². The Labute approximate surface area is 111 Å². The van der Waals surface area contributed by atoms with Crippen molar-refractivity contribution in [3.8, 4) is 0 Å². The number of carbonyl (C=O) groups is 1. The van der Waals surface area contributed by atoms with Gasteiger partial charge >= 0.3 is 5.97 Å². The molecule has 0 aromatic carbocycles. The monoisotopic (exact) mass is 253 g/mol. The molecule has 3 nitrogen and oxygen atoms in total. The first kappa shape index (κ1) is 13.9. The molecule has 0 amide bonds. The van der Waals surface area contributed by atoms with Crippen molar-refractivity contribution in [1.82, 2.24) is 5.32 Å².